The molecule has 0 radical (unpaired) electrons. The van der Waals surface area contributed by atoms with Crippen molar-refractivity contribution in [2.24, 2.45) is 0 Å². The molecular weight excluding hydrogens is 503 g/mol. The SMILES string of the molecule is O=C(O)CCCOc1ccc(F)cc1-c1cc(-c2ccccc2Cl)n(-c2ccc(-c3ccccc3)cc2)n1. The molecule has 0 saturated heterocycles. The highest BCUT2D eigenvalue weighted by Gasteiger charge is 2.18. The topological polar surface area (TPSA) is 64.3 Å². The molecule has 190 valence electrons. The molecule has 5 rings (SSSR count). The Morgan fingerprint density at radius 3 is 2.32 bits per heavy atom. The van der Waals surface area contributed by atoms with E-state index in [4.69, 9.17) is 26.5 Å². The Morgan fingerprint density at radius 1 is 0.868 bits per heavy atom. The Hall–Kier alpha value is -4.42. The van der Waals surface area contributed by atoms with E-state index in [-0.39, 0.29) is 13.0 Å². The quantitative estimate of drug-likeness (QED) is 0.198. The van der Waals surface area contributed by atoms with Gasteiger partial charge in [-0.3, -0.25) is 4.79 Å². The van der Waals surface area contributed by atoms with Crippen molar-refractivity contribution in [2.75, 3.05) is 6.61 Å². The molecule has 5 nitrogen and oxygen atoms in total. The zero-order valence-corrected chi connectivity index (χ0v) is 21.1. The fourth-order valence-electron chi connectivity index (χ4n) is 4.23. The highest BCUT2D eigenvalue weighted by molar-refractivity contribution is 6.33. The lowest BCUT2D eigenvalue weighted by Gasteiger charge is -2.11. The lowest BCUT2D eigenvalue weighted by atomic mass is 10.1. The molecule has 1 N–H and O–H groups in total. The van der Waals surface area contributed by atoms with E-state index < -0.39 is 11.8 Å². The van der Waals surface area contributed by atoms with E-state index in [1.807, 2.05) is 72.8 Å². The molecule has 0 aliphatic heterocycles. The first kappa shape index (κ1) is 25.2. The van der Waals surface area contributed by atoms with Gasteiger partial charge in [-0.2, -0.15) is 5.10 Å². The summed E-state index contributed by atoms with van der Waals surface area (Å²) in [5.41, 5.74) is 5.47. The van der Waals surface area contributed by atoms with Crippen molar-refractivity contribution >= 4 is 17.6 Å². The summed E-state index contributed by atoms with van der Waals surface area (Å²) in [4.78, 5) is 10.9. The minimum Gasteiger partial charge on any atom is -0.493 e. The van der Waals surface area contributed by atoms with Crippen LogP contribution in [0.15, 0.2) is 103 Å². The molecule has 0 atom stereocenters. The van der Waals surface area contributed by atoms with Gasteiger partial charge in [-0.15, -0.1) is 0 Å². The fraction of sp³-hybridized carbons (Fsp3) is 0.0968. The van der Waals surface area contributed by atoms with Crippen LogP contribution in [-0.4, -0.2) is 27.5 Å². The smallest absolute Gasteiger partial charge is 0.303 e. The minimum atomic E-state index is -0.894. The lowest BCUT2D eigenvalue weighted by molar-refractivity contribution is -0.137. The van der Waals surface area contributed by atoms with Gasteiger partial charge in [-0.25, -0.2) is 9.07 Å². The first-order valence-electron chi connectivity index (χ1n) is 12.1. The van der Waals surface area contributed by atoms with Crippen molar-refractivity contribution in [1.29, 1.82) is 0 Å². The van der Waals surface area contributed by atoms with Gasteiger partial charge in [0.15, 0.2) is 0 Å². The highest BCUT2D eigenvalue weighted by atomic mass is 35.5. The average Bonchev–Trinajstić information content (AvgIpc) is 3.37. The number of rotatable bonds is 9. The van der Waals surface area contributed by atoms with Crippen LogP contribution in [0.25, 0.3) is 39.3 Å². The van der Waals surface area contributed by atoms with E-state index in [2.05, 4.69) is 12.1 Å². The van der Waals surface area contributed by atoms with Gasteiger partial charge in [0.05, 0.1) is 23.7 Å². The molecule has 38 heavy (non-hydrogen) atoms. The van der Waals surface area contributed by atoms with Crippen molar-refractivity contribution in [1.82, 2.24) is 9.78 Å². The van der Waals surface area contributed by atoms with Gasteiger partial charge in [0.1, 0.15) is 11.6 Å². The third-order valence-corrected chi connectivity index (χ3v) is 6.42. The van der Waals surface area contributed by atoms with Crippen LogP contribution in [0.1, 0.15) is 12.8 Å². The fourth-order valence-corrected chi connectivity index (χ4v) is 4.46. The van der Waals surface area contributed by atoms with E-state index >= 15 is 0 Å². The Kier molecular flexibility index (Phi) is 7.52. The highest BCUT2D eigenvalue weighted by Crippen LogP contribution is 2.36. The van der Waals surface area contributed by atoms with Gasteiger partial charge in [0.2, 0.25) is 0 Å². The summed E-state index contributed by atoms with van der Waals surface area (Å²) in [6.07, 6.45) is 0.319. The number of carboxylic acids is 1. The van der Waals surface area contributed by atoms with Crippen LogP contribution in [0.4, 0.5) is 4.39 Å². The van der Waals surface area contributed by atoms with E-state index in [0.29, 0.717) is 28.5 Å². The van der Waals surface area contributed by atoms with Gasteiger partial charge in [-0.05, 0) is 60.0 Å². The average molecular weight is 527 g/mol. The Bertz CT molecular complexity index is 1570. The molecule has 4 aromatic carbocycles. The second-order valence-electron chi connectivity index (χ2n) is 8.71. The number of hydrogen-bond donors (Lipinski definition) is 1. The molecule has 0 unspecified atom stereocenters. The molecule has 1 heterocycles. The summed E-state index contributed by atoms with van der Waals surface area (Å²) < 4.78 is 22.0. The van der Waals surface area contributed by atoms with Gasteiger partial charge in [-0.1, -0.05) is 72.3 Å². The van der Waals surface area contributed by atoms with Gasteiger partial charge in [0, 0.05) is 22.6 Å². The molecular formula is C31H24ClFN2O3. The maximum absolute atomic E-state index is 14.4. The van der Waals surface area contributed by atoms with Crippen LogP contribution in [-0.2, 0) is 4.79 Å². The molecule has 0 fully saturated rings. The van der Waals surface area contributed by atoms with E-state index in [1.54, 1.807) is 4.68 Å². The minimum absolute atomic E-state index is 0.0131. The molecule has 0 saturated carbocycles. The zero-order chi connectivity index (χ0) is 26.5. The molecule has 0 aliphatic rings. The van der Waals surface area contributed by atoms with Crippen LogP contribution < -0.4 is 4.74 Å². The van der Waals surface area contributed by atoms with Crippen molar-refractivity contribution in [3.05, 3.63) is 114 Å². The third-order valence-electron chi connectivity index (χ3n) is 6.09. The van der Waals surface area contributed by atoms with Gasteiger partial charge >= 0.3 is 5.97 Å². The second kappa shape index (κ2) is 11.3. The lowest BCUT2D eigenvalue weighted by Crippen LogP contribution is -2.03. The van der Waals surface area contributed by atoms with Gasteiger partial charge < -0.3 is 9.84 Å². The predicted octanol–water partition coefficient (Wildman–Crippen LogP) is 7.91. The number of carbonyl (C=O) groups is 1. The summed E-state index contributed by atoms with van der Waals surface area (Å²) in [5.74, 6) is -0.903. The monoisotopic (exact) mass is 526 g/mol. The van der Waals surface area contributed by atoms with Crippen molar-refractivity contribution < 1.29 is 19.0 Å². The number of benzene rings is 4. The second-order valence-corrected chi connectivity index (χ2v) is 9.11. The summed E-state index contributed by atoms with van der Waals surface area (Å²) in [7, 11) is 0. The molecule has 5 aromatic rings. The van der Waals surface area contributed by atoms with E-state index in [9.17, 15) is 9.18 Å². The summed E-state index contributed by atoms with van der Waals surface area (Å²) >= 11 is 6.57. The first-order chi connectivity index (χ1) is 18.5. The van der Waals surface area contributed by atoms with Crippen LogP contribution in [0.3, 0.4) is 0 Å². The van der Waals surface area contributed by atoms with Crippen molar-refractivity contribution in [3.8, 4) is 45.1 Å². The maximum atomic E-state index is 14.4. The molecule has 7 heteroatoms. The molecule has 1 aromatic heterocycles. The Morgan fingerprint density at radius 2 is 1.58 bits per heavy atom. The number of halogens is 2. The number of aromatic nitrogens is 2. The van der Waals surface area contributed by atoms with Crippen LogP contribution in [0.2, 0.25) is 5.02 Å². The molecule has 0 amide bonds. The Balaban J connectivity index is 1.57. The number of ether oxygens (including phenoxy) is 1. The third kappa shape index (κ3) is 5.61. The Labute approximate surface area is 224 Å². The number of nitrogens with zero attached hydrogens (tertiary/aromatic N) is 2. The van der Waals surface area contributed by atoms with Gasteiger partial charge in [0.25, 0.3) is 0 Å². The number of carboxylic acid groups (broad SMARTS) is 1. The zero-order valence-electron chi connectivity index (χ0n) is 20.4. The largest absolute Gasteiger partial charge is 0.493 e. The van der Waals surface area contributed by atoms with E-state index in [0.717, 1.165) is 28.1 Å². The maximum Gasteiger partial charge on any atom is 0.303 e. The normalized spacial score (nSPS) is 10.9. The number of hydrogen-bond acceptors (Lipinski definition) is 3. The molecule has 0 spiro atoms. The molecule has 0 aliphatic carbocycles. The van der Waals surface area contributed by atoms with Crippen LogP contribution in [0.5, 0.6) is 5.75 Å². The standard InChI is InChI=1S/C31H24ClFN2O3/c32-27-10-5-4-9-25(27)29-20-28(26-19-23(33)14-17-30(26)38-18-6-11-31(36)37)34-35(29)24-15-12-22(13-16-24)21-7-2-1-3-8-21/h1-5,7-10,12-17,19-20H,6,11,18H2,(H,36,37). The van der Waals surface area contributed by atoms with Crippen molar-refractivity contribution in [2.45, 2.75) is 12.8 Å². The summed E-state index contributed by atoms with van der Waals surface area (Å²) in [6.45, 7) is 0.184. The summed E-state index contributed by atoms with van der Waals surface area (Å²) in [5, 5.41) is 14.3. The predicted molar refractivity (Wildman–Crippen MR) is 147 cm³/mol. The summed E-state index contributed by atoms with van der Waals surface area (Å²) in [6, 6.07) is 31.7. The van der Waals surface area contributed by atoms with E-state index in [1.165, 1.54) is 18.2 Å². The number of aliphatic carboxylic acids is 1. The van der Waals surface area contributed by atoms with Crippen LogP contribution >= 0.6 is 11.6 Å². The van der Waals surface area contributed by atoms with Crippen molar-refractivity contribution in [3.63, 3.8) is 0 Å². The molecule has 0 bridgehead atoms. The van der Waals surface area contributed by atoms with Crippen LogP contribution in [0, 0.1) is 5.82 Å². The first-order valence-corrected chi connectivity index (χ1v) is 12.5.